The first-order valence-electron chi connectivity index (χ1n) is 13.9. The first kappa shape index (κ1) is 24.3. The Morgan fingerprint density at radius 2 is 1.46 bits per heavy atom. The number of carbonyl (C=O) groups excluding carboxylic acids is 1. The van der Waals surface area contributed by atoms with Gasteiger partial charge < -0.3 is 9.80 Å². The van der Waals surface area contributed by atoms with Crippen LogP contribution in [0.2, 0.25) is 0 Å². The second-order valence-corrected chi connectivity index (χ2v) is 12.4. The maximum atomic E-state index is 13.1. The molecule has 0 bridgehead atoms. The zero-order valence-electron chi connectivity index (χ0n) is 23.0. The molecule has 2 aromatic rings. The highest BCUT2D eigenvalue weighted by atomic mass is 16.1. The van der Waals surface area contributed by atoms with E-state index in [1.807, 2.05) is 6.08 Å². The number of hydrogen-bond acceptors (Lipinski definition) is 3. The molecule has 0 amide bonds. The van der Waals surface area contributed by atoms with Gasteiger partial charge in [0, 0.05) is 51.9 Å². The van der Waals surface area contributed by atoms with E-state index in [0.717, 1.165) is 12.8 Å². The van der Waals surface area contributed by atoms with Crippen LogP contribution in [0.3, 0.4) is 0 Å². The molecule has 0 saturated heterocycles. The largest absolute Gasteiger partial charge is 0.378 e. The molecule has 0 aliphatic heterocycles. The van der Waals surface area contributed by atoms with E-state index in [1.165, 1.54) is 46.5 Å². The van der Waals surface area contributed by atoms with Gasteiger partial charge in [0.05, 0.1) is 0 Å². The summed E-state index contributed by atoms with van der Waals surface area (Å²) in [5.41, 5.74) is 9.90. The lowest BCUT2D eigenvalue weighted by Crippen LogP contribution is -2.41. The van der Waals surface area contributed by atoms with Crippen molar-refractivity contribution in [1.82, 2.24) is 0 Å². The summed E-state index contributed by atoms with van der Waals surface area (Å²) in [5, 5.41) is 0. The Morgan fingerprint density at radius 3 is 2.08 bits per heavy atom. The SMILES string of the molecule is CN(C)c1ccc(C2CC(=O)C=C3CC(c4ccc(N(C)C)cc4)[C@@H]4C(=C32)CC[C@]2(C)C=CC[C@@H]42)cc1. The van der Waals surface area contributed by atoms with Gasteiger partial charge >= 0.3 is 0 Å². The molecule has 0 N–H and O–H groups in total. The van der Waals surface area contributed by atoms with Crippen LogP contribution >= 0.6 is 0 Å². The Kier molecular flexibility index (Phi) is 5.93. The van der Waals surface area contributed by atoms with Crippen LogP contribution in [0, 0.1) is 17.3 Å². The van der Waals surface area contributed by atoms with E-state index in [4.69, 9.17) is 0 Å². The van der Waals surface area contributed by atoms with E-state index >= 15 is 0 Å². The van der Waals surface area contributed by atoms with Gasteiger partial charge in [-0.2, -0.15) is 0 Å². The van der Waals surface area contributed by atoms with Crippen LogP contribution in [-0.4, -0.2) is 34.0 Å². The summed E-state index contributed by atoms with van der Waals surface area (Å²) in [6, 6.07) is 18.1. The number of nitrogens with zero attached hydrogens (tertiary/aromatic N) is 2. The normalized spacial score (nSPS) is 30.4. The van der Waals surface area contributed by atoms with Crippen LogP contribution in [-0.2, 0) is 4.79 Å². The van der Waals surface area contributed by atoms with Crippen LogP contribution in [0.15, 0.2) is 83.5 Å². The minimum atomic E-state index is 0.178. The quantitative estimate of drug-likeness (QED) is 0.419. The maximum absolute atomic E-state index is 13.1. The van der Waals surface area contributed by atoms with Crippen molar-refractivity contribution in [3.63, 3.8) is 0 Å². The van der Waals surface area contributed by atoms with Crippen molar-refractivity contribution in [1.29, 1.82) is 0 Å². The van der Waals surface area contributed by atoms with Gasteiger partial charge in [-0.3, -0.25) is 4.79 Å². The molecule has 0 aromatic heterocycles. The van der Waals surface area contributed by atoms with Gasteiger partial charge in [-0.15, -0.1) is 0 Å². The van der Waals surface area contributed by atoms with Crippen molar-refractivity contribution in [3.8, 4) is 0 Å². The van der Waals surface area contributed by atoms with Crippen LogP contribution in [0.5, 0.6) is 0 Å². The second-order valence-electron chi connectivity index (χ2n) is 12.4. The molecule has 3 heteroatoms. The number of ketones is 1. The summed E-state index contributed by atoms with van der Waals surface area (Å²) in [7, 11) is 8.36. The molecule has 2 aromatic carbocycles. The maximum Gasteiger partial charge on any atom is 0.156 e. The predicted octanol–water partition coefficient (Wildman–Crippen LogP) is 7.28. The molecular weight excluding hydrogens is 452 g/mol. The summed E-state index contributed by atoms with van der Waals surface area (Å²) < 4.78 is 0. The van der Waals surface area contributed by atoms with Crippen molar-refractivity contribution < 1.29 is 4.79 Å². The molecule has 5 atom stereocenters. The van der Waals surface area contributed by atoms with E-state index in [-0.39, 0.29) is 17.1 Å². The molecule has 37 heavy (non-hydrogen) atoms. The fourth-order valence-corrected chi connectivity index (χ4v) is 7.81. The summed E-state index contributed by atoms with van der Waals surface area (Å²) in [4.78, 5) is 17.4. The van der Waals surface area contributed by atoms with Crippen molar-refractivity contribution >= 4 is 17.2 Å². The van der Waals surface area contributed by atoms with Crippen molar-refractivity contribution in [3.05, 3.63) is 94.6 Å². The molecule has 0 spiro atoms. The molecule has 0 radical (unpaired) electrons. The van der Waals surface area contributed by atoms with E-state index in [0.29, 0.717) is 24.2 Å². The number of hydrogen-bond donors (Lipinski definition) is 0. The Bertz CT molecular complexity index is 1290. The highest BCUT2D eigenvalue weighted by Gasteiger charge is 2.51. The smallest absolute Gasteiger partial charge is 0.156 e. The van der Waals surface area contributed by atoms with Gasteiger partial charge in [0.2, 0.25) is 0 Å². The van der Waals surface area contributed by atoms with Gasteiger partial charge in [0.15, 0.2) is 5.78 Å². The van der Waals surface area contributed by atoms with Crippen LogP contribution in [0.1, 0.15) is 62.0 Å². The summed E-state index contributed by atoms with van der Waals surface area (Å²) >= 11 is 0. The monoisotopic (exact) mass is 492 g/mol. The molecule has 6 rings (SSSR count). The van der Waals surface area contributed by atoms with Crippen LogP contribution in [0.4, 0.5) is 11.4 Å². The average molecular weight is 493 g/mol. The van der Waals surface area contributed by atoms with Gasteiger partial charge in [-0.05, 0) is 101 Å². The first-order valence-corrected chi connectivity index (χ1v) is 13.9. The Labute approximate surface area is 222 Å². The van der Waals surface area contributed by atoms with Crippen molar-refractivity contribution in [2.24, 2.45) is 17.3 Å². The lowest BCUT2D eigenvalue weighted by molar-refractivity contribution is -0.115. The molecule has 4 aliphatic carbocycles. The number of rotatable bonds is 4. The minimum Gasteiger partial charge on any atom is -0.378 e. The van der Waals surface area contributed by atoms with Gasteiger partial charge in [-0.1, -0.05) is 48.9 Å². The topological polar surface area (TPSA) is 23.6 Å². The van der Waals surface area contributed by atoms with Crippen LogP contribution < -0.4 is 9.80 Å². The average Bonchev–Trinajstić information content (AvgIpc) is 3.29. The molecule has 192 valence electrons. The molecule has 3 nitrogen and oxygen atoms in total. The first-order chi connectivity index (χ1) is 17.7. The van der Waals surface area contributed by atoms with Crippen molar-refractivity contribution in [2.45, 2.75) is 50.9 Å². The molecule has 1 fully saturated rings. The lowest BCUT2D eigenvalue weighted by atomic mass is 9.52. The van der Waals surface area contributed by atoms with Gasteiger partial charge in [-0.25, -0.2) is 0 Å². The lowest BCUT2D eigenvalue weighted by Gasteiger charge is -2.51. The van der Waals surface area contributed by atoms with E-state index in [1.54, 1.807) is 5.57 Å². The highest BCUT2D eigenvalue weighted by Crippen LogP contribution is 2.62. The predicted molar refractivity (Wildman–Crippen MR) is 154 cm³/mol. The number of fused-ring (bicyclic) bond motifs is 4. The van der Waals surface area contributed by atoms with E-state index in [2.05, 4.69) is 106 Å². The Balaban J connectivity index is 1.48. The zero-order valence-corrected chi connectivity index (χ0v) is 23.0. The second kappa shape index (κ2) is 9.04. The molecule has 0 heterocycles. The standard InChI is InChI=1S/C34H40N2O/c1-34-17-6-7-31(34)33-28(16-18-34)32-24(20-29(33)22-8-12-25(13-9-22)35(2)3)19-27(37)21-30(32)23-10-14-26(15-11-23)36(4)5/h6,8-15,17,19,29-31,33H,7,16,18,20-21H2,1-5H3/t29?,30?,31-,33-,34-/m0/s1. The number of allylic oxidation sites excluding steroid dienone is 6. The van der Waals surface area contributed by atoms with Gasteiger partial charge in [0.1, 0.15) is 0 Å². The van der Waals surface area contributed by atoms with E-state index < -0.39 is 0 Å². The van der Waals surface area contributed by atoms with Gasteiger partial charge in [0.25, 0.3) is 0 Å². The summed E-state index contributed by atoms with van der Waals surface area (Å²) in [5.74, 6) is 2.05. The minimum absolute atomic E-state index is 0.178. The van der Waals surface area contributed by atoms with Crippen LogP contribution in [0.25, 0.3) is 0 Å². The third kappa shape index (κ3) is 4.07. The number of benzene rings is 2. The molecule has 2 unspecified atom stereocenters. The summed E-state index contributed by atoms with van der Waals surface area (Å²) in [6.07, 6.45) is 12.0. The zero-order chi connectivity index (χ0) is 25.9. The number of carbonyl (C=O) groups is 1. The third-order valence-corrected chi connectivity index (χ3v) is 9.81. The highest BCUT2D eigenvalue weighted by molar-refractivity contribution is 5.94. The molecular formula is C34H40N2O. The fourth-order valence-electron chi connectivity index (χ4n) is 7.81. The Morgan fingerprint density at radius 1 is 0.838 bits per heavy atom. The summed E-state index contributed by atoms with van der Waals surface area (Å²) in [6.45, 7) is 2.49. The third-order valence-electron chi connectivity index (χ3n) is 9.81. The van der Waals surface area contributed by atoms with E-state index in [9.17, 15) is 4.79 Å². The number of anilines is 2. The molecule has 4 aliphatic rings. The fraction of sp³-hybridized carbons (Fsp3) is 0.441. The van der Waals surface area contributed by atoms with Crippen molar-refractivity contribution in [2.75, 3.05) is 38.0 Å². The Hall–Kier alpha value is -3.07. The molecule has 1 saturated carbocycles.